The van der Waals surface area contributed by atoms with E-state index in [-0.39, 0.29) is 11.9 Å². The van der Waals surface area contributed by atoms with E-state index in [4.69, 9.17) is 4.74 Å². The van der Waals surface area contributed by atoms with Gasteiger partial charge in [-0.15, -0.1) is 0 Å². The molecule has 0 spiro atoms. The minimum absolute atomic E-state index is 0.0702. The molecule has 2 aliphatic heterocycles. The molecule has 14 heavy (non-hydrogen) atoms. The third kappa shape index (κ3) is 1.06. The van der Waals surface area contributed by atoms with Crippen molar-refractivity contribution in [1.29, 1.82) is 0 Å². The van der Waals surface area contributed by atoms with Crippen LogP contribution < -0.4 is 0 Å². The zero-order chi connectivity index (χ0) is 10.2. The quantitative estimate of drug-likeness (QED) is 0.572. The zero-order valence-corrected chi connectivity index (χ0v) is 8.16. The van der Waals surface area contributed by atoms with Gasteiger partial charge in [-0.25, -0.2) is 4.79 Å². The molecule has 1 amide bonds. The van der Waals surface area contributed by atoms with Gasteiger partial charge in [-0.2, -0.15) is 0 Å². The van der Waals surface area contributed by atoms with Crippen molar-refractivity contribution in [2.45, 2.75) is 24.8 Å². The number of rotatable bonds is 1. The van der Waals surface area contributed by atoms with E-state index in [9.17, 15) is 9.59 Å². The molecule has 4 nitrogen and oxygen atoms in total. The van der Waals surface area contributed by atoms with E-state index in [1.54, 1.807) is 11.0 Å². The van der Waals surface area contributed by atoms with Crippen molar-refractivity contribution in [3.63, 3.8) is 0 Å². The highest BCUT2D eigenvalue weighted by atomic mass is 16.5. The van der Waals surface area contributed by atoms with E-state index in [1.165, 1.54) is 13.2 Å². The highest BCUT2D eigenvalue weighted by molar-refractivity contribution is 5.96. The lowest BCUT2D eigenvalue weighted by Gasteiger charge is -2.36. The lowest BCUT2D eigenvalue weighted by molar-refractivity contribution is -0.158. The molecule has 0 bridgehead atoms. The molecule has 2 aliphatic rings. The Kier molecular flexibility index (Phi) is 2.06. The highest BCUT2D eigenvalue weighted by Crippen LogP contribution is 2.36. The van der Waals surface area contributed by atoms with Crippen molar-refractivity contribution in [3.8, 4) is 0 Å². The second-order valence-electron chi connectivity index (χ2n) is 3.72. The normalized spacial score (nSPS) is 30.4. The van der Waals surface area contributed by atoms with Gasteiger partial charge in [-0.3, -0.25) is 4.79 Å². The van der Waals surface area contributed by atoms with Gasteiger partial charge in [0.05, 0.1) is 7.11 Å². The molecule has 0 saturated carbocycles. The van der Waals surface area contributed by atoms with Crippen molar-refractivity contribution in [1.82, 2.24) is 4.90 Å². The predicted molar refractivity (Wildman–Crippen MR) is 49.5 cm³/mol. The monoisotopic (exact) mass is 195 g/mol. The van der Waals surface area contributed by atoms with Gasteiger partial charge >= 0.3 is 5.97 Å². The number of amides is 1. The summed E-state index contributed by atoms with van der Waals surface area (Å²) in [7, 11) is 1.37. The summed E-state index contributed by atoms with van der Waals surface area (Å²) in [6.07, 6.45) is 5.48. The smallest absolute Gasteiger partial charge is 0.332 e. The Hall–Kier alpha value is -1.32. The largest absolute Gasteiger partial charge is 0.467 e. The molecular weight excluding hydrogens is 182 g/mol. The van der Waals surface area contributed by atoms with Crippen molar-refractivity contribution in [3.05, 3.63) is 12.2 Å². The van der Waals surface area contributed by atoms with Crippen LogP contribution in [0.1, 0.15) is 19.3 Å². The Morgan fingerprint density at radius 1 is 1.64 bits per heavy atom. The van der Waals surface area contributed by atoms with Crippen molar-refractivity contribution in [2.75, 3.05) is 13.7 Å². The average Bonchev–Trinajstić information content (AvgIpc) is 2.63. The van der Waals surface area contributed by atoms with Gasteiger partial charge in [0.2, 0.25) is 5.91 Å². The minimum Gasteiger partial charge on any atom is -0.467 e. The Morgan fingerprint density at radius 2 is 2.43 bits per heavy atom. The molecule has 1 saturated heterocycles. The Morgan fingerprint density at radius 3 is 3.14 bits per heavy atom. The molecule has 0 N–H and O–H groups in total. The molecule has 4 heteroatoms. The number of carbonyl (C=O) groups excluding carboxylic acids is 2. The summed E-state index contributed by atoms with van der Waals surface area (Å²) in [6, 6.07) is 0. The predicted octanol–water partition coefficient (Wildman–Crippen LogP) is 0.480. The number of carbonyl (C=O) groups is 2. The van der Waals surface area contributed by atoms with Gasteiger partial charge in [-0.1, -0.05) is 6.08 Å². The third-order valence-electron chi connectivity index (χ3n) is 3.04. The molecule has 0 radical (unpaired) electrons. The van der Waals surface area contributed by atoms with Crippen molar-refractivity contribution < 1.29 is 14.3 Å². The second kappa shape index (κ2) is 3.12. The van der Waals surface area contributed by atoms with Crippen molar-refractivity contribution in [2.24, 2.45) is 0 Å². The van der Waals surface area contributed by atoms with Crippen LogP contribution in [0.2, 0.25) is 0 Å². The number of esters is 1. The third-order valence-corrected chi connectivity index (χ3v) is 3.04. The summed E-state index contributed by atoms with van der Waals surface area (Å²) in [4.78, 5) is 24.8. The van der Waals surface area contributed by atoms with Crippen LogP contribution in [0.3, 0.4) is 0 Å². The first-order valence-corrected chi connectivity index (χ1v) is 4.77. The molecule has 0 aromatic carbocycles. The SMILES string of the molecule is COC(=O)[C@@]12CC=CC(=O)N1CCC2. The van der Waals surface area contributed by atoms with Gasteiger partial charge in [-0.05, 0) is 25.3 Å². The fourth-order valence-electron chi connectivity index (χ4n) is 2.34. The summed E-state index contributed by atoms with van der Waals surface area (Å²) in [5.74, 6) is -0.355. The van der Waals surface area contributed by atoms with Crippen LogP contribution in [0, 0.1) is 0 Å². The van der Waals surface area contributed by atoms with Gasteiger partial charge < -0.3 is 9.64 Å². The van der Waals surface area contributed by atoms with Crippen LogP contribution in [0.15, 0.2) is 12.2 Å². The molecule has 1 fully saturated rings. The van der Waals surface area contributed by atoms with E-state index in [2.05, 4.69) is 0 Å². The molecule has 1 atom stereocenters. The number of hydrogen-bond acceptors (Lipinski definition) is 3. The first kappa shape index (κ1) is 9.24. The van der Waals surface area contributed by atoms with Gasteiger partial charge in [0.1, 0.15) is 5.54 Å². The molecule has 0 unspecified atom stereocenters. The second-order valence-corrected chi connectivity index (χ2v) is 3.72. The Balaban J connectivity index is 2.36. The minimum atomic E-state index is -0.694. The molecule has 2 heterocycles. The van der Waals surface area contributed by atoms with Crippen LogP contribution in [-0.2, 0) is 14.3 Å². The van der Waals surface area contributed by atoms with Gasteiger partial charge in [0.15, 0.2) is 0 Å². The van der Waals surface area contributed by atoms with E-state index >= 15 is 0 Å². The molecule has 0 aliphatic carbocycles. The molecule has 76 valence electrons. The number of methoxy groups -OCH3 is 1. The Bertz CT molecular complexity index is 310. The van der Waals surface area contributed by atoms with Crippen LogP contribution in [0.25, 0.3) is 0 Å². The Labute approximate surface area is 82.5 Å². The van der Waals surface area contributed by atoms with Gasteiger partial charge in [0.25, 0.3) is 0 Å². The maximum absolute atomic E-state index is 11.7. The van der Waals surface area contributed by atoms with E-state index < -0.39 is 5.54 Å². The summed E-state index contributed by atoms with van der Waals surface area (Å²) < 4.78 is 4.78. The number of nitrogens with zero attached hydrogens (tertiary/aromatic N) is 1. The lowest BCUT2D eigenvalue weighted by atomic mass is 9.89. The first-order valence-electron chi connectivity index (χ1n) is 4.77. The standard InChI is InChI=1S/C10H13NO3/c1-14-9(13)10-5-2-4-8(12)11(10)7-3-6-10/h2,4H,3,5-7H2,1H3/t10-/m0/s1. The van der Waals surface area contributed by atoms with Crippen molar-refractivity contribution >= 4 is 11.9 Å². The number of ether oxygens (including phenoxy) is 1. The fourth-order valence-corrected chi connectivity index (χ4v) is 2.34. The summed E-state index contributed by atoms with van der Waals surface area (Å²) in [6.45, 7) is 0.665. The molecule has 0 aromatic rings. The summed E-state index contributed by atoms with van der Waals surface area (Å²) in [5.41, 5.74) is -0.694. The number of hydrogen-bond donors (Lipinski definition) is 0. The van der Waals surface area contributed by atoms with Crippen LogP contribution in [-0.4, -0.2) is 36.0 Å². The number of fused-ring (bicyclic) bond motifs is 1. The van der Waals surface area contributed by atoms with Crippen LogP contribution >= 0.6 is 0 Å². The van der Waals surface area contributed by atoms with E-state index in [1.807, 2.05) is 0 Å². The maximum atomic E-state index is 11.7. The van der Waals surface area contributed by atoms with E-state index in [0.717, 1.165) is 12.8 Å². The molecule has 2 rings (SSSR count). The van der Waals surface area contributed by atoms with Gasteiger partial charge in [0, 0.05) is 6.54 Å². The highest BCUT2D eigenvalue weighted by Gasteiger charge is 2.50. The topological polar surface area (TPSA) is 46.6 Å². The lowest BCUT2D eigenvalue weighted by Crippen LogP contribution is -2.54. The average molecular weight is 195 g/mol. The molecular formula is C10H13NO3. The zero-order valence-electron chi connectivity index (χ0n) is 8.16. The first-order chi connectivity index (χ1) is 6.70. The molecule has 0 aromatic heterocycles. The van der Waals surface area contributed by atoms with Crippen LogP contribution in [0.4, 0.5) is 0 Å². The summed E-state index contributed by atoms with van der Waals surface area (Å²) >= 11 is 0. The van der Waals surface area contributed by atoms with Crippen LogP contribution in [0.5, 0.6) is 0 Å². The van der Waals surface area contributed by atoms with E-state index in [0.29, 0.717) is 13.0 Å². The maximum Gasteiger partial charge on any atom is 0.332 e. The summed E-state index contributed by atoms with van der Waals surface area (Å²) in [5, 5.41) is 0. The fraction of sp³-hybridized carbons (Fsp3) is 0.600.